The van der Waals surface area contributed by atoms with Gasteiger partial charge in [0.15, 0.2) is 0 Å². The predicted octanol–water partition coefficient (Wildman–Crippen LogP) is 3.64. The Hall–Kier alpha value is -2.40. The monoisotopic (exact) mass is 340 g/mol. The summed E-state index contributed by atoms with van der Waals surface area (Å²) >= 11 is 0. The number of hydrogen-bond donors (Lipinski definition) is 0. The zero-order valence-corrected chi connectivity index (χ0v) is 14.8. The van der Waals surface area contributed by atoms with Crippen LogP contribution in [0.3, 0.4) is 0 Å². The Kier molecular flexibility index (Phi) is 4.28. The van der Waals surface area contributed by atoms with Gasteiger partial charge in [0.05, 0.1) is 9.79 Å². The highest BCUT2D eigenvalue weighted by Crippen LogP contribution is 2.46. The van der Waals surface area contributed by atoms with E-state index in [1.165, 1.54) is 0 Å². The van der Waals surface area contributed by atoms with Gasteiger partial charge in [-0.25, -0.2) is 8.42 Å². The van der Waals surface area contributed by atoms with Gasteiger partial charge in [-0.2, -0.15) is 0 Å². The second-order valence-electron chi connectivity index (χ2n) is 5.85. The summed E-state index contributed by atoms with van der Waals surface area (Å²) in [7, 11) is 0.285. The number of anilines is 1. The van der Waals surface area contributed by atoms with Crippen LogP contribution in [0.4, 0.5) is 5.69 Å². The van der Waals surface area contributed by atoms with E-state index < -0.39 is 9.84 Å². The summed E-state index contributed by atoms with van der Waals surface area (Å²) in [5, 5.41) is 0. The molecule has 1 heterocycles. The zero-order chi connectivity index (χ0) is 17.3. The molecule has 3 rings (SSSR count). The maximum Gasteiger partial charge on any atom is 0.207 e. The third-order valence-electron chi connectivity index (χ3n) is 4.10. The Balaban J connectivity index is 2.36. The topological polar surface area (TPSA) is 49.7 Å². The minimum absolute atomic E-state index is 0.338. The molecule has 0 bridgehead atoms. The zero-order valence-electron chi connectivity index (χ0n) is 14.0. The summed E-state index contributed by atoms with van der Waals surface area (Å²) in [6.07, 6.45) is 5.48. The van der Waals surface area contributed by atoms with Crippen molar-refractivity contribution in [2.24, 2.45) is 4.99 Å². The van der Waals surface area contributed by atoms with Crippen molar-refractivity contribution >= 4 is 21.7 Å². The molecule has 1 atom stereocenters. The van der Waals surface area contributed by atoms with E-state index in [-0.39, 0.29) is 6.04 Å². The molecule has 1 unspecified atom stereocenters. The van der Waals surface area contributed by atoms with E-state index in [4.69, 9.17) is 0 Å². The second kappa shape index (κ2) is 6.24. The van der Waals surface area contributed by atoms with Gasteiger partial charge < -0.3 is 4.90 Å². The van der Waals surface area contributed by atoms with E-state index in [0.29, 0.717) is 9.79 Å². The molecule has 0 saturated carbocycles. The maximum absolute atomic E-state index is 13.1. The third-order valence-corrected chi connectivity index (χ3v) is 5.99. The highest BCUT2D eigenvalue weighted by molar-refractivity contribution is 7.91. The highest BCUT2D eigenvalue weighted by Gasteiger charge is 2.37. The van der Waals surface area contributed by atoms with Gasteiger partial charge >= 0.3 is 0 Å². The van der Waals surface area contributed by atoms with Crippen molar-refractivity contribution < 1.29 is 8.42 Å². The average Bonchev–Trinajstić information content (AvgIpc) is 2.57. The van der Waals surface area contributed by atoms with Crippen molar-refractivity contribution in [3.8, 4) is 0 Å². The van der Waals surface area contributed by atoms with Crippen molar-refractivity contribution in [2.75, 3.05) is 19.0 Å². The van der Waals surface area contributed by atoms with Crippen LogP contribution in [0.2, 0.25) is 0 Å². The Labute approximate surface area is 143 Å². The lowest BCUT2D eigenvalue weighted by Crippen LogP contribution is -2.22. The molecule has 0 fully saturated rings. The lowest BCUT2D eigenvalue weighted by molar-refractivity contribution is 0.587. The minimum Gasteiger partial charge on any atom is -0.377 e. The molecule has 0 aliphatic carbocycles. The molecule has 0 saturated heterocycles. The van der Waals surface area contributed by atoms with Gasteiger partial charge in [0, 0.05) is 37.1 Å². The quantitative estimate of drug-likeness (QED) is 0.802. The molecule has 5 heteroatoms. The Bertz CT molecular complexity index is 928. The Morgan fingerprint density at radius 1 is 1.04 bits per heavy atom. The summed E-state index contributed by atoms with van der Waals surface area (Å²) in [6.45, 7) is 1.92. The van der Waals surface area contributed by atoms with Gasteiger partial charge in [-0.1, -0.05) is 30.3 Å². The molecule has 124 valence electrons. The summed E-state index contributed by atoms with van der Waals surface area (Å²) in [6, 6.07) is 12.2. The molecular weight excluding hydrogens is 320 g/mol. The van der Waals surface area contributed by atoms with E-state index in [2.05, 4.69) is 4.99 Å². The van der Waals surface area contributed by atoms with Crippen LogP contribution in [0.15, 0.2) is 69.4 Å². The molecule has 24 heavy (non-hydrogen) atoms. The molecule has 1 aliphatic heterocycles. The molecule has 0 spiro atoms. The first kappa shape index (κ1) is 16.5. The number of allylic oxidation sites excluding steroid dienone is 2. The van der Waals surface area contributed by atoms with Crippen molar-refractivity contribution in [1.29, 1.82) is 0 Å². The fourth-order valence-electron chi connectivity index (χ4n) is 3.03. The average molecular weight is 340 g/mol. The number of rotatable bonds is 3. The fourth-order valence-corrected chi connectivity index (χ4v) is 4.78. The molecule has 0 radical (unpaired) electrons. The first-order valence-electron chi connectivity index (χ1n) is 7.77. The van der Waals surface area contributed by atoms with Gasteiger partial charge in [-0.15, -0.1) is 0 Å². The molecule has 2 aromatic carbocycles. The Morgan fingerprint density at radius 2 is 1.75 bits per heavy atom. The molecule has 2 aromatic rings. The lowest BCUT2D eigenvalue weighted by Gasteiger charge is -2.29. The van der Waals surface area contributed by atoms with Crippen molar-refractivity contribution in [1.82, 2.24) is 0 Å². The molecule has 0 N–H and O–H groups in total. The van der Waals surface area contributed by atoms with E-state index in [1.54, 1.807) is 30.5 Å². The van der Waals surface area contributed by atoms with Gasteiger partial charge in [-0.3, -0.25) is 4.99 Å². The van der Waals surface area contributed by atoms with Crippen LogP contribution in [-0.4, -0.2) is 28.7 Å². The van der Waals surface area contributed by atoms with Crippen LogP contribution in [0.25, 0.3) is 0 Å². The normalized spacial score (nSPS) is 18.5. The first-order chi connectivity index (χ1) is 11.5. The van der Waals surface area contributed by atoms with Crippen LogP contribution in [-0.2, 0) is 9.84 Å². The molecular formula is C19H20N2O2S. The van der Waals surface area contributed by atoms with E-state index >= 15 is 0 Å². The fraction of sp³-hybridized carbons (Fsp3) is 0.211. The van der Waals surface area contributed by atoms with E-state index in [0.717, 1.165) is 16.8 Å². The van der Waals surface area contributed by atoms with Crippen molar-refractivity contribution in [3.05, 3.63) is 65.7 Å². The standard InChI is InChI=1S/C19H20N2O2S/c1-4-5-13-20-19-14-9-6-7-11-16(14)24(22,23)17-12-8-10-15(18(17)19)21(2)3/h4-13,19H,1-3H3/b5-4-,20-13?. The molecule has 0 amide bonds. The van der Waals surface area contributed by atoms with Crippen LogP contribution in [0.5, 0.6) is 0 Å². The first-order valence-corrected chi connectivity index (χ1v) is 9.25. The van der Waals surface area contributed by atoms with Crippen LogP contribution < -0.4 is 4.90 Å². The van der Waals surface area contributed by atoms with Gasteiger partial charge in [0.25, 0.3) is 0 Å². The minimum atomic E-state index is -3.54. The number of sulfone groups is 1. The maximum atomic E-state index is 13.1. The Morgan fingerprint density at radius 3 is 2.46 bits per heavy atom. The lowest BCUT2D eigenvalue weighted by atomic mass is 9.96. The van der Waals surface area contributed by atoms with E-state index in [9.17, 15) is 8.42 Å². The number of benzene rings is 2. The largest absolute Gasteiger partial charge is 0.377 e. The number of aliphatic imine (C=N–C) groups is 1. The molecule has 0 aromatic heterocycles. The molecule has 4 nitrogen and oxygen atoms in total. The molecule has 1 aliphatic rings. The summed E-state index contributed by atoms with van der Waals surface area (Å²) in [5.41, 5.74) is 2.33. The predicted molar refractivity (Wildman–Crippen MR) is 97.8 cm³/mol. The third kappa shape index (κ3) is 2.55. The van der Waals surface area contributed by atoms with Crippen LogP contribution in [0, 0.1) is 0 Å². The van der Waals surface area contributed by atoms with E-state index in [1.807, 2.05) is 56.3 Å². The van der Waals surface area contributed by atoms with Gasteiger partial charge in [0.1, 0.15) is 6.04 Å². The van der Waals surface area contributed by atoms with Crippen LogP contribution in [0.1, 0.15) is 24.1 Å². The number of fused-ring (bicyclic) bond motifs is 2. The number of nitrogens with zero attached hydrogens (tertiary/aromatic N) is 2. The van der Waals surface area contributed by atoms with Gasteiger partial charge in [-0.05, 0) is 31.2 Å². The summed E-state index contributed by atoms with van der Waals surface area (Å²) in [5.74, 6) is 0. The van der Waals surface area contributed by atoms with Gasteiger partial charge in [0.2, 0.25) is 9.84 Å². The summed E-state index contributed by atoms with van der Waals surface area (Å²) in [4.78, 5) is 7.28. The van der Waals surface area contributed by atoms with Crippen molar-refractivity contribution in [2.45, 2.75) is 22.8 Å². The highest BCUT2D eigenvalue weighted by atomic mass is 32.2. The summed E-state index contributed by atoms with van der Waals surface area (Å²) < 4.78 is 26.1. The second-order valence-corrected chi connectivity index (χ2v) is 7.74. The number of hydrogen-bond acceptors (Lipinski definition) is 4. The smallest absolute Gasteiger partial charge is 0.207 e. The van der Waals surface area contributed by atoms with Crippen molar-refractivity contribution in [3.63, 3.8) is 0 Å². The SMILES string of the molecule is C/C=C\C=NC1c2ccccc2S(=O)(=O)c2cccc(N(C)C)c21. The van der Waals surface area contributed by atoms with Crippen LogP contribution >= 0.6 is 0 Å².